The van der Waals surface area contributed by atoms with Gasteiger partial charge in [0, 0.05) is 23.7 Å². The molecule has 0 spiro atoms. The fourth-order valence-electron chi connectivity index (χ4n) is 3.97. The van der Waals surface area contributed by atoms with Crippen LogP contribution in [-0.4, -0.2) is 48.1 Å². The van der Waals surface area contributed by atoms with Crippen molar-refractivity contribution in [3.05, 3.63) is 70.3 Å². The third kappa shape index (κ3) is 3.80. The van der Waals surface area contributed by atoms with Crippen LogP contribution in [0.15, 0.2) is 54.1 Å². The number of halogens is 1. The highest BCUT2D eigenvalue weighted by Crippen LogP contribution is 2.40. The van der Waals surface area contributed by atoms with Gasteiger partial charge in [-0.25, -0.2) is 0 Å². The number of carbonyl (C=O) groups is 2. The SMILES string of the molecule is COc1ccc(C(O)=C2C(=O)C(=O)N(CC3CCCO3)C2c2ccc(Cl)cc2)cc1. The highest BCUT2D eigenvalue weighted by molar-refractivity contribution is 6.46. The van der Waals surface area contributed by atoms with E-state index >= 15 is 0 Å². The van der Waals surface area contributed by atoms with Gasteiger partial charge in [-0.2, -0.15) is 0 Å². The molecule has 1 N–H and O–H groups in total. The van der Waals surface area contributed by atoms with Crippen LogP contribution in [0.25, 0.3) is 5.76 Å². The van der Waals surface area contributed by atoms with Crippen LogP contribution in [0.5, 0.6) is 5.75 Å². The van der Waals surface area contributed by atoms with E-state index in [1.807, 2.05) is 0 Å². The van der Waals surface area contributed by atoms with Gasteiger partial charge in [0.25, 0.3) is 11.7 Å². The van der Waals surface area contributed by atoms with E-state index < -0.39 is 17.7 Å². The van der Waals surface area contributed by atoms with Crippen molar-refractivity contribution in [3.8, 4) is 5.75 Å². The number of ketones is 1. The predicted molar refractivity (Wildman–Crippen MR) is 112 cm³/mol. The molecule has 2 heterocycles. The molecular weight excluding hydrogens is 406 g/mol. The van der Waals surface area contributed by atoms with E-state index in [9.17, 15) is 14.7 Å². The molecule has 6 nitrogen and oxygen atoms in total. The second kappa shape index (κ2) is 8.50. The number of methoxy groups -OCH3 is 1. The number of aliphatic hydroxyl groups excluding tert-OH is 1. The minimum Gasteiger partial charge on any atom is -0.507 e. The quantitative estimate of drug-likeness (QED) is 0.444. The van der Waals surface area contributed by atoms with Crippen molar-refractivity contribution in [2.24, 2.45) is 0 Å². The summed E-state index contributed by atoms with van der Waals surface area (Å²) in [6.07, 6.45) is 1.62. The van der Waals surface area contributed by atoms with Crippen molar-refractivity contribution in [1.29, 1.82) is 0 Å². The lowest BCUT2D eigenvalue weighted by Crippen LogP contribution is -2.36. The second-order valence-electron chi connectivity index (χ2n) is 7.37. The third-order valence-corrected chi connectivity index (χ3v) is 5.77. The van der Waals surface area contributed by atoms with Crippen LogP contribution in [0.4, 0.5) is 0 Å². The van der Waals surface area contributed by atoms with Gasteiger partial charge >= 0.3 is 0 Å². The Morgan fingerprint density at radius 2 is 1.87 bits per heavy atom. The summed E-state index contributed by atoms with van der Waals surface area (Å²) in [5, 5.41) is 11.6. The summed E-state index contributed by atoms with van der Waals surface area (Å²) in [6.45, 7) is 0.934. The highest BCUT2D eigenvalue weighted by atomic mass is 35.5. The summed E-state index contributed by atoms with van der Waals surface area (Å²) in [6, 6.07) is 12.9. The molecule has 2 unspecified atom stereocenters. The van der Waals surface area contributed by atoms with Crippen molar-refractivity contribution in [1.82, 2.24) is 4.90 Å². The van der Waals surface area contributed by atoms with Gasteiger partial charge in [0.1, 0.15) is 11.5 Å². The molecule has 0 saturated carbocycles. The lowest BCUT2D eigenvalue weighted by molar-refractivity contribution is -0.140. The van der Waals surface area contributed by atoms with E-state index in [0.717, 1.165) is 12.8 Å². The molecule has 1 amide bonds. The fourth-order valence-corrected chi connectivity index (χ4v) is 4.10. The van der Waals surface area contributed by atoms with Gasteiger partial charge in [-0.1, -0.05) is 23.7 Å². The number of benzene rings is 2. The topological polar surface area (TPSA) is 76.1 Å². The number of amides is 1. The molecule has 2 aromatic carbocycles. The first-order valence-electron chi connectivity index (χ1n) is 9.79. The Hall–Kier alpha value is -2.83. The summed E-state index contributed by atoms with van der Waals surface area (Å²) in [4.78, 5) is 27.4. The maximum atomic E-state index is 13.0. The van der Waals surface area contributed by atoms with Gasteiger partial charge in [-0.15, -0.1) is 0 Å². The first kappa shape index (κ1) is 20.4. The smallest absolute Gasteiger partial charge is 0.295 e. The number of rotatable bonds is 5. The van der Waals surface area contributed by atoms with Gasteiger partial charge < -0.3 is 19.5 Å². The largest absolute Gasteiger partial charge is 0.507 e. The molecule has 2 aliphatic rings. The number of hydrogen-bond donors (Lipinski definition) is 1. The van der Waals surface area contributed by atoms with Crippen molar-refractivity contribution >= 4 is 29.1 Å². The van der Waals surface area contributed by atoms with Crippen LogP contribution in [0, 0.1) is 0 Å². The normalized spacial score (nSPS) is 23.2. The van der Waals surface area contributed by atoms with Crippen molar-refractivity contribution in [2.45, 2.75) is 25.0 Å². The zero-order chi connectivity index (χ0) is 21.3. The van der Waals surface area contributed by atoms with E-state index in [1.54, 1.807) is 55.6 Å². The molecule has 0 aliphatic carbocycles. The van der Waals surface area contributed by atoms with Crippen molar-refractivity contribution in [2.75, 3.05) is 20.3 Å². The Morgan fingerprint density at radius 1 is 1.17 bits per heavy atom. The Labute approximate surface area is 179 Å². The average molecular weight is 428 g/mol. The van der Waals surface area contributed by atoms with E-state index in [1.165, 1.54) is 4.90 Å². The Morgan fingerprint density at radius 3 is 2.47 bits per heavy atom. The zero-order valence-electron chi connectivity index (χ0n) is 16.5. The first-order chi connectivity index (χ1) is 14.5. The highest BCUT2D eigenvalue weighted by Gasteiger charge is 2.47. The molecule has 0 radical (unpaired) electrons. The van der Waals surface area contributed by atoms with E-state index in [-0.39, 0.29) is 24.0 Å². The van der Waals surface area contributed by atoms with E-state index in [4.69, 9.17) is 21.1 Å². The number of nitrogens with zero attached hydrogens (tertiary/aromatic N) is 1. The molecular formula is C23H22ClNO5. The van der Waals surface area contributed by atoms with Crippen LogP contribution in [0.3, 0.4) is 0 Å². The second-order valence-corrected chi connectivity index (χ2v) is 7.80. The van der Waals surface area contributed by atoms with E-state index in [2.05, 4.69) is 0 Å². The van der Waals surface area contributed by atoms with Crippen LogP contribution < -0.4 is 4.74 Å². The number of Topliss-reactive ketones (excluding diaryl/α,β-unsaturated/α-hetero) is 1. The molecule has 2 atom stereocenters. The summed E-state index contributed by atoms with van der Waals surface area (Å²) in [5.41, 5.74) is 1.20. The molecule has 7 heteroatoms. The maximum absolute atomic E-state index is 13.0. The zero-order valence-corrected chi connectivity index (χ0v) is 17.3. The number of ether oxygens (including phenoxy) is 2. The minimum absolute atomic E-state index is 0.0606. The fraction of sp³-hybridized carbons (Fsp3) is 0.304. The number of carbonyl (C=O) groups excluding carboxylic acids is 2. The molecule has 2 fully saturated rings. The number of hydrogen-bond acceptors (Lipinski definition) is 5. The minimum atomic E-state index is -0.714. The predicted octanol–water partition coefficient (Wildman–Crippen LogP) is 3.95. The molecule has 2 aliphatic heterocycles. The summed E-state index contributed by atoms with van der Waals surface area (Å²) in [7, 11) is 1.55. The molecule has 0 bridgehead atoms. The molecule has 2 saturated heterocycles. The number of likely N-dealkylation sites (tertiary alicyclic amines) is 1. The monoisotopic (exact) mass is 427 g/mol. The van der Waals surface area contributed by atoms with Crippen molar-refractivity contribution < 1.29 is 24.2 Å². The molecule has 4 rings (SSSR count). The van der Waals surface area contributed by atoms with Crippen LogP contribution in [0.1, 0.15) is 30.0 Å². The Balaban J connectivity index is 1.80. The summed E-state index contributed by atoms with van der Waals surface area (Å²) >= 11 is 6.03. The molecule has 30 heavy (non-hydrogen) atoms. The van der Waals surface area contributed by atoms with Crippen LogP contribution >= 0.6 is 11.6 Å². The Bertz CT molecular complexity index is 978. The van der Waals surface area contributed by atoms with Gasteiger partial charge in [0.15, 0.2) is 0 Å². The Kier molecular flexibility index (Phi) is 5.79. The van der Waals surface area contributed by atoms with Crippen LogP contribution in [0.2, 0.25) is 5.02 Å². The summed E-state index contributed by atoms with van der Waals surface area (Å²) in [5.74, 6) is -0.938. The van der Waals surface area contributed by atoms with Gasteiger partial charge in [0.05, 0.1) is 24.8 Å². The van der Waals surface area contributed by atoms with Gasteiger partial charge in [-0.3, -0.25) is 9.59 Å². The average Bonchev–Trinajstić information content (AvgIpc) is 3.36. The van der Waals surface area contributed by atoms with Gasteiger partial charge in [-0.05, 0) is 54.8 Å². The number of aliphatic hydroxyl groups is 1. The first-order valence-corrected chi connectivity index (χ1v) is 10.2. The molecule has 0 aromatic heterocycles. The standard InChI is InChI=1S/C23H22ClNO5/c1-29-17-10-6-15(7-11-17)21(26)19-20(14-4-8-16(24)9-5-14)25(23(28)22(19)27)13-18-3-2-12-30-18/h4-11,18,20,26H,2-3,12-13H2,1H3. The van der Waals surface area contributed by atoms with E-state index in [0.29, 0.717) is 28.5 Å². The van der Waals surface area contributed by atoms with Gasteiger partial charge in [0.2, 0.25) is 0 Å². The molecule has 2 aromatic rings. The maximum Gasteiger partial charge on any atom is 0.295 e. The molecule has 156 valence electrons. The third-order valence-electron chi connectivity index (χ3n) is 5.51. The van der Waals surface area contributed by atoms with Crippen LogP contribution in [-0.2, 0) is 14.3 Å². The van der Waals surface area contributed by atoms with Crippen molar-refractivity contribution in [3.63, 3.8) is 0 Å². The lowest BCUT2D eigenvalue weighted by Gasteiger charge is -2.27. The lowest BCUT2D eigenvalue weighted by atomic mass is 9.95. The summed E-state index contributed by atoms with van der Waals surface area (Å²) < 4.78 is 10.8.